The maximum atomic E-state index is 13.2. The summed E-state index contributed by atoms with van der Waals surface area (Å²) in [6.45, 7) is 1.84. The van der Waals surface area contributed by atoms with E-state index < -0.39 is 5.91 Å². The average Bonchev–Trinajstić information content (AvgIpc) is 3.35. The van der Waals surface area contributed by atoms with Crippen molar-refractivity contribution < 1.29 is 9.32 Å². The van der Waals surface area contributed by atoms with Gasteiger partial charge >= 0.3 is 0 Å². The highest BCUT2D eigenvalue weighted by Gasteiger charge is 2.25. The summed E-state index contributed by atoms with van der Waals surface area (Å²) >= 11 is 0. The first-order valence-corrected chi connectivity index (χ1v) is 8.92. The van der Waals surface area contributed by atoms with Crippen molar-refractivity contribution in [2.45, 2.75) is 38.6 Å². The van der Waals surface area contributed by atoms with E-state index in [1.807, 2.05) is 6.92 Å². The molecule has 0 aliphatic heterocycles. The van der Waals surface area contributed by atoms with Crippen LogP contribution in [0, 0.1) is 6.92 Å². The number of hydrogen-bond acceptors (Lipinski definition) is 7. The van der Waals surface area contributed by atoms with E-state index in [1.165, 1.54) is 12.3 Å². The summed E-state index contributed by atoms with van der Waals surface area (Å²) in [5.41, 5.74) is 0.949. The van der Waals surface area contributed by atoms with Crippen molar-refractivity contribution in [3.05, 3.63) is 40.0 Å². The summed E-state index contributed by atoms with van der Waals surface area (Å²) < 4.78 is 6.39. The number of aryl methyl sites for hydroxylation is 1. The molecule has 140 valence electrons. The van der Waals surface area contributed by atoms with Crippen molar-refractivity contribution in [1.82, 2.24) is 19.7 Å². The number of nitrogens with one attached hydrogen (secondary N) is 2. The Morgan fingerprint density at radius 2 is 2.07 bits per heavy atom. The van der Waals surface area contributed by atoms with Gasteiger partial charge < -0.3 is 15.2 Å². The van der Waals surface area contributed by atoms with Gasteiger partial charge in [-0.25, -0.2) is 4.98 Å². The lowest BCUT2D eigenvalue weighted by molar-refractivity contribution is 0.102. The fraction of sp³-hybridized carbons (Fsp3) is 0.389. The van der Waals surface area contributed by atoms with E-state index in [2.05, 4.69) is 25.8 Å². The molecular formula is C18H20N6O3. The molecule has 1 aliphatic carbocycles. The predicted molar refractivity (Wildman–Crippen MR) is 100 cm³/mol. The molecule has 1 saturated carbocycles. The van der Waals surface area contributed by atoms with E-state index in [9.17, 15) is 9.59 Å². The third-order valence-corrected chi connectivity index (χ3v) is 4.92. The van der Waals surface area contributed by atoms with Gasteiger partial charge in [-0.15, -0.1) is 0 Å². The molecule has 27 heavy (non-hydrogen) atoms. The number of fused-ring (bicyclic) bond motifs is 1. The quantitative estimate of drug-likeness (QED) is 0.727. The molecule has 0 aromatic carbocycles. The Hall–Kier alpha value is -3.23. The summed E-state index contributed by atoms with van der Waals surface area (Å²) in [7, 11) is 1.73. The average molecular weight is 368 g/mol. The number of carbonyl (C=O) groups is 1. The van der Waals surface area contributed by atoms with E-state index >= 15 is 0 Å². The minimum Gasteiger partial charge on any atom is -0.363 e. The van der Waals surface area contributed by atoms with Gasteiger partial charge in [-0.2, -0.15) is 4.98 Å². The van der Waals surface area contributed by atoms with Crippen LogP contribution in [0.5, 0.6) is 0 Å². The maximum absolute atomic E-state index is 13.2. The zero-order chi connectivity index (χ0) is 19.0. The highest BCUT2D eigenvalue weighted by Crippen LogP contribution is 2.31. The summed E-state index contributed by atoms with van der Waals surface area (Å²) in [5, 5.41) is 9.87. The molecule has 1 aliphatic rings. The molecule has 3 aromatic heterocycles. The van der Waals surface area contributed by atoms with Gasteiger partial charge in [-0.05, 0) is 25.8 Å². The van der Waals surface area contributed by atoms with Crippen LogP contribution in [-0.2, 0) is 0 Å². The van der Waals surface area contributed by atoms with Crippen LogP contribution in [0.4, 0.5) is 11.8 Å². The Morgan fingerprint density at radius 1 is 1.30 bits per heavy atom. The van der Waals surface area contributed by atoms with Gasteiger partial charge in [0.25, 0.3) is 11.5 Å². The first kappa shape index (κ1) is 17.2. The SMILES string of the molecule is CNc1nc(C)c2cc(C(=O)Nc3ccon3)c(=O)n(C3CCCC3)c2n1. The van der Waals surface area contributed by atoms with Crippen molar-refractivity contribution in [2.75, 3.05) is 17.7 Å². The molecule has 0 atom stereocenters. The monoisotopic (exact) mass is 368 g/mol. The second-order valence-corrected chi connectivity index (χ2v) is 6.63. The Kier molecular flexibility index (Phi) is 4.35. The molecule has 0 saturated heterocycles. The van der Waals surface area contributed by atoms with Crippen LogP contribution in [0.2, 0.25) is 0 Å². The van der Waals surface area contributed by atoms with E-state index in [4.69, 9.17) is 4.52 Å². The molecule has 3 aromatic rings. The standard InChI is InChI=1S/C18H20N6O3/c1-10-12-9-13(16(25)21-14-7-8-27-23-14)17(26)24(11-5-3-4-6-11)15(12)22-18(19-2)20-10/h7-9,11H,3-6H2,1-2H3,(H,19,20,22)(H,21,23,25). The molecule has 3 heterocycles. The van der Waals surface area contributed by atoms with Gasteiger partial charge in [0.05, 0.1) is 5.69 Å². The first-order chi connectivity index (χ1) is 13.1. The Morgan fingerprint density at radius 3 is 2.74 bits per heavy atom. The van der Waals surface area contributed by atoms with Crippen molar-refractivity contribution in [2.24, 2.45) is 0 Å². The lowest BCUT2D eigenvalue weighted by Crippen LogP contribution is -2.32. The van der Waals surface area contributed by atoms with Gasteiger partial charge in [0.1, 0.15) is 17.5 Å². The van der Waals surface area contributed by atoms with Crippen LogP contribution in [0.15, 0.2) is 27.7 Å². The highest BCUT2D eigenvalue weighted by molar-refractivity contribution is 6.05. The molecule has 0 bridgehead atoms. The van der Waals surface area contributed by atoms with Crippen molar-refractivity contribution in [3.8, 4) is 0 Å². The number of amides is 1. The lowest BCUT2D eigenvalue weighted by atomic mass is 10.1. The molecular weight excluding hydrogens is 348 g/mol. The van der Waals surface area contributed by atoms with Gasteiger partial charge in [-0.3, -0.25) is 14.2 Å². The minimum atomic E-state index is -0.528. The van der Waals surface area contributed by atoms with Gasteiger partial charge in [-0.1, -0.05) is 18.0 Å². The molecule has 0 unspecified atom stereocenters. The number of pyridine rings is 1. The van der Waals surface area contributed by atoms with E-state index in [-0.39, 0.29) is 23.0 Å². The summed E-state index contributed by atoms with van der Waals surface area (Å²) in [6.07, 6.45) is 5.24. The van der Waals surface area contributed by atoms with E-state index in [0.717, 1.165) is 25.7 Å². The van der Waals surface area contributed by atoms with Crippen LogP contribution < -0.4 is 16.2 Å². The van der Waals surface area contributed by atoms with Crippen LogP contribution in [0.25, 0.3) is 11.0 Å². The Balaban J connectivity index is 1.92. The fourth-order valence-electron chi connectivity index (χ4n) is 3.59. The smallest absolute Gasteiger partial charge is 0.265 e. The van der Waals surface area contributed by atoms with Crippen LogP contribution >= 0.6 is 0 Å². The Labute approximate surface area is 154 Å². The largest absolute Gasteiger partial charge is 0.363 e. The summed E-state index contributed by atoms with van der Waals surface area (Å²) in [6, 6.07) is 3.11. The normalized spacial score (nSPS) is 14.6. The van der Waals surface area contributed by atoms with Crippen LogP contribution in [0.3, 0.4) is 0 Å². The number of hydrogen-bond donors (Lipinski definition) is 2. The molecule has 4 rings (SSSR count). The zero-order valence-corrected chi connectivity index (χ0v) is 15.2. The van der Waals surface area contributed by atoms with E-state index in [1.54, 1.807) is 17.7 Å². The molecule has 9 heteroatoms. The third kappa shape index (κ3) is 3.05. The van der Waals surface area contributed by atoms with Gasteiger partial charge in [0.2, 0.25) is 5.95 Å². The predicted octanol–water partition coefficient (Wildman–Crippen LogP) is 2.50. The second-order valence-electron chi connectivity index (χ2n) is 6.63. The molecule has 0 spiro atoms. The maximum Gasteiger partial charge on any atom is 0.265 e. The van der Waals surface area contributed by atoms with Crippen molar-refractivity contribution in [3.63, 3.8) is 0 Å². The Bertz CT molecular complexity index is 1050. The number of nitrogens with zero attached hydrogens (tertiary/aromatic N) is 4. The third-order valence-electron chi connectivity index (χ3n) is 4.92. The molecule has 0 radical (unpaired) electrons. The van der Waals surface area contributed by atoms with Crippen molar-refractivity contribution in [1.29, 1.82) is 0 Å². The van der Waals surface area contributed by atoms with Gasteiger partial charge in [0.15, 0.2) is 5.82 Å². The number of carbonyl (C=O) groups excluding carboxylic acids is 1. The summed E-state index contributed by atoms with van der Waals surface area (Å²) in [4.78, 5) is 34.9. The fourth-order valence-corrected chi connectivity index (χ4v) is 3.59. The van der Waals surface area contributed by atoms with E-state index in [0.29, 0.717) is 22.7 Å². The molecule has 2 N–H and O–H groups in total. The number of aromatic nitrogens is 4. The number of rotatable bonds is 4. The molecule has 1 fully saturated rings. The van der Waals surface area contributed by atoms with Crippen LogP contribution in [-0.4, -0.2) is 32.6 Å². The van der Waals surface area contributed by atoms with Crippen molar-refractivity contribution >= 4 is 28.7 Å². The topological polar surface area (TPSA) is 115 Å². The minimum absolute atomic E-state index is 0.0267. The molecule has 1 amide bonds. The zero-order valence-electron chi connectivity index (χ0n) is 15.2. The molecule has 9 nitrogen and oxygen atoms in total. The first-order valence-electron chi connectivity index (χ1n) is 8.92. The highest BCUT2D eigenvalue weighted by atomic mass is 16.5. The lowest BCUT2D eigenvalue weighted by Gasteiger charge is -2.18. The van der Waals surface area contributed by atoms with Crippen LogP contribution in [0.1, 0.15) is 47.8 Å². The summed E-state index contributed by atoms with van der Waals surface area (Å²) in [5.74, 6) is 0.177. The second kappa shape index (κ2) is 6.82. The number of anilines is 2. The van der Waals surface area contributed by atoms with Gasteiger partial charge in [0, 0.05) is 24.5 Å².